The fourth-order valence-electron chi connectivity index (χ4n) is 6.12. The van der Waals surface area contributed by atoms with Gasteiger partial charge in [-0.1, -0.05) is 66.2 Å². The van der Waals surface area contributed by atoms with E-state index in [1.165, 1.54) is 11.6 Å². The molecular formula is C37H35ClN4O3. The standard InChI is InChI=1S/C37H35ClN4O3/c1-24-18-27(22-41(24)29-12-5-4-6-13-29)36(44)39-28-16-17-34(43)32(20-28)31-14-9-15-33(38)35(31)37(45)42-21-26-11-8-7-10-25(26)19-30(42)23-40(2)3/h4-18,20,22,30,43H,19,21,23H2,1-3H3,(H,39,44)/t30-/m0/s1. The van der Waals surface area contributed by atoms with E-state index in [-0.39, 0.29) is 23.6 Å². The lowest BCUT2D eigenvalue weighted by Gasteiger charge is -2.39. The monoisotopic (exact) mass is 618 g/mol. The number of phenols is 1. The zero-order valence-corrected chi connectivity index (χ0v) is 26.3. The van der Waals surface area contributed by atoms with Crippen LogP contribution in [0.2, 0.25) is 5.02 Å². The van der Waals surface area contributed by atoms with Crippen LogP contribution in [-0.4, -0.2) is 58.0 Å². The molecule has 0 spiro atoms. The van der Waals surface area contributed by atoms with Crippen LogP contribution < -0.4 is 5.32 Å². The minimum absolute atomic E-state index is 0.0239. The quantitative estimate of drug-likeness (QED) is 0.189. The minimum Gasteiger partial charge on any atom is -0.507 e. The Hall–Kier alpha value is -4.85. The highest BCUT2D eigenvalue weighted by Crippen LogP contribution is 2.38. The summed E-state index contributed by atoms with van der Waals surface area (Å²) >= 11 is 6.76. The van der Waals surface area contributed by atoms with E-state index in [0.29, 0.717) is 46.1 Å². The molecule has 1 atom stereocenters. The van der Waals surface area contributed by atoms with Crippen LogP contribution in [0.25, 0.3) is 16.8 Å². The first-order chi connectivity index (χ1) is 21.7. The van der Waals surface area contributed by atoms with Gasteiger partial charge in [-0.2, -0.15) is 0 Å². The number of nitrogens with one attached hydrogen (secondary N) is 1. The van der Waals surface area contributed by atoms with Gasteiger partial charge in [0, 0.05) is 48.0 Å². The molecular weight excluding hydrogens is 584 g/mol. The number of likely N-dealkylation sites (N-methyl/N-ethyl adjacent to an activating group) is 1. The number of aromatic hydroxyl groups is 1. The first-order valence-corrected chi connectivity index (χ1v) is 15.3. The number of halogens is 1. The number of carbonyl (C=O) groups is 2. The molecule has 0 radical (unpaired) electrons. The molecule has 0 saturated heterocycles. The lowest BCUT2D eigenvalue weighted by Crippen LogP contribution is -2.49. The molecule has 7 nitrogen and oxygen atoms in total. The first kappa shape index (κ1) is 30.2. The van der Waals surface area contributed by atoms with Gasteiger partial charge >= 0.3 is 0 Å². The van der Waals surface area contributed by atoms with Gasteiger partial charge in [-0.05, 0) is 86.6 Å². The third kappa shape index (κ3) is 6.23. The summed E-state index contributed by atoms with van der Waals surface area (Å²) in [7, 11) is 4.00. The van der Waals surface area contributed by atoms with E-state index in [1.807, 2.05) is 79.0 Å². The van der Waals surface area contributed by atoms with Gasteiger partial charge in [0.15, 0.2) is 0 Å². The normalized spacial score (nSPS) is 14.3. The molecule has 0 aliphatic carbocycles. The van der Waals surface area contributed by atoms with Gasteiger partial charge < -0.3 is 24.8 Å². The topological polar surface area (TPSA) is 77.8 Å². The van der Waals surface area contributed by atoms with Crippen LogP contribution in [0.15, 0.2) is 103 Å². The lowest BCUT2D eigenvalue weighted by molar-refractivity contribution is 0.0607. The van der Waals surface area contributed by atoms with Crippen molar-refractivity contribution in [2.75, 3.05) is 26.0 Å². The number of para-hydroxylation sites is 1. The lowest BCUT2D eigenvalue weighted by atomic mass is 9.91. The van der Waals surface area contributed by atoms with Gasteiger partial charge in [0.1, 0.15) is 5.75 Å². The maximum atomic E-state index is 14.4. The minimum atomic E-state index is -0.287. The molecule has 228 valence electrons. The molecule has 2 heterocycles. The Labute approximate surface area is 268 Å². The third-order valence-corrected chi connectivity index (χ3v) is 8.59. The molecule has 5 aromatic rings. The molecule has 2 N–H and O–H groups in total. The number of aryl methyl sites for hydroxylation is 1. The Morgan fingerprint density at radius 3 is 2.40 bits per heavy atom. The number of carbonyl (C=O) groups excluding carboxylic acids is 2. The summed E-state index contributed by atoms with van der Waals surface area (Å²) in [6.45, 7) is 3.10. The van der Waals surface area contributed by atoms with Gasteiger partial charge in [-0.15, -0.1) is 0 Å². The number of hydrogen-bond acceptors (Lipinski definition) is 4. The highest BCUT2D eigenvalue weighted by molar-refractivity contribution is 6.34. The molecule has 0 saturated carbocycles. The number of phenolic OH excluding ortho intramolecular Hbond substituents is 1. The van der Waals surface area contributed by atoms with Crippen molar-refractivity contribution in [3.63, 3.8) is 0 Å². The van der Waals surface area contributed by atoms with Crippen LogP contribution in [0.1, 0.15) is 37.5 Å². The van der Waals surface area contributed by atoms with Crippen LogP contribution in [-0.2, 0) is 13.0 Å². The van der Waals surface area contributed by atoms with E-state index in [9.17, 15) is 14.7 Å². The summed E-state index contributed by atoms with van der Waals surface area (Å²) in [5.74, 6) is -0.516. The Bertz CT molecular complexity index is 1880. The second kappa shape index (κ2) is 12.6. The number of fused-ring (bicyclic) bond motifs is 1. The fourth-order valence-corrected chi connectivity index (χ4v) is 6.37. The number of benzene rings is 4. The van der Waals surface area contributed by atoms with Crippen molar-refractivity contribution in [1.29, 1.82) is 0 Å². The average Bonchev–Trinajstić information content (AvgIpc) is 3.43. The van der Waals surface area contributed by atoms with Crippen molar-refractivity contribution < 1.29 is 14.7 Å². The van der Waals surface area contributed by atoms with Crippen molar-refractivity contribution in [3.05, 3.63) is 136 Å². The fraction of sp³-hybridized carbons (Fsp3) is 0.189. The van der Waals surface area contributed by atoms with E-state index in [1.54, 1.807) is 36.5 Å². The van der Waals surface area contributed by atoms with Crippen LogP contribution in [0.3, 0.4) is 0 Å². The summed E-state index contributed by atoms with van der Waals surface area (Å²) in [4.78, 5) is 31.7. The summed E-state index contributed by atoms with van der Waals surface area (Å²) in [5, 5.41) is 14.3. The Balaban J connectivity index is 1.32. The van der Waals surface area contributed by atoms with Crippen molar-refractivity contribution in [1.82, 2.24) is 14.4 Å². The van der Waals surface area contributed by atoms with E-state index in [4.69, 9.17) is 11.6 Å². The number of amides is 2. The van der Waals surface area contributed by atoms with Crippen molar-refractivity contribution in [2.45, 2.75) is 25.9 Å². The average molecular weight is 619 g/mol. The van der Waals surface area contributed by atoms with Gasteiger partial charge in [-0.3, -0.25) is 9.59 Å². The zero-order chi connectivity index (χ0) is 31.7. The van der Waals surface area contributed by atoms with Crippen LogP contribution >= 0.6 is 11.6 Å². The van der Waals surface area contributed by atoms with Gasteiger partial charge in [0.2, 0.25) is 0 Å². The maximum absolute atomic E-state index is 14.4. The van der Waals surface area contributed by atoms with Gasteiger partial charge in [0.25, 0.3) is 11.8 Å². The highest BCUT2D eigenvalue weighted by Gasteiger charge is 2.33. The Morgan fingerprint density at radius 2 is 1.64 bits per heavy atom. The maximum Gasteiger partial charge on any atom is 0.257 e. The summed E-state index contributed by atoms with van der Waals surface area (Å²) < 4.78 is 1.96. The van der Waals surface area contributed by atoms with E-state index >= 15 is 0 Å². The molecule has 45 heavy (non-hydrogen) atoms. The van der Waals surface area contributed by atoms with Crippen molar-refractivity contribution in [2.24, 2.45) is 0 Å². The largest absolute Gasteiger partial charge is 0.507 e. The molecule has 0 bridgehead atoms. The first-order valence-electron chi connectivity index (χ1n) is 14.9. The van der Waals surface area contributed by atoms with Gasteiger partial charge in [0.05, 0.1) is 16.1 Å². The summed E-state index contributed by atoms with van der Waals surface area (Å²) in [6.07, 6.45) is 2.54. The third-order valence-electron chi connectivity index (χ3n) is 8.27. The van der Waals surface area contributed by atoms with E-state index in [0.717, 1.165) is 23.4 Å². The number of hydrogen-bond donors (Lipinski definition) is 2. The number of nitrogens with zero attached hydrogens (tertiary/aromatic N) is 3. The molecule has 1 aliphatic rings. The summed E-state index contributed by atoms with van der Waals surface area (Å²) in [6, 6.07) is 29.9. The smallest absolute Gasteiger partial charge is 0.257 e. The van der Waals surface area contributed by atoms with Crippen molar-refractivity contribution >= 4 is 29.1 Å². The summed E-state index contributed by atoms with van der Waals surface area (Å²) in [5.41, 5.74) is 6.43. The molecule has 2 amide bonds. The molecule has 1 aliphatic heterocycles. The molecule has 1 aromatic heterocycles. The second-order valence-electron chi connectivity index (χ2n) is 11.7. The molecule has 0 unspecified atom stereocenters. The molecule has 4 aromatic carbocycles. The Kier molecular flexibility index (Phi) is 8.48. The molecule has 0 fully saturated rings. The number of rotatable bonds is 7. The van der Waals surface area contributed by atoms with E-state index in [2.05, 4.69) is 22.3 Å². The van der Waals surface area contributed by atoms with Gasteiger partial charge in [-0.25, -0.2) is 0 Å². The zero-order valence-electron chi connectivity index (χ0n) is 25.5. The molecule has 8 heteroatoms. The van der Waals surface area contributed by atoms with Crippen LogP contribution in [0.5, 0.6) is 5.75 Å². The van der Waals surface area contributed by atoms with Crippen LogP contribution in [0.4, 0.5) is 5.69 Å². The number of anilines is 1. The molecule has 6 rings (SSSR count). The highest BCUT2D eigenvalue weighted by atomic mass is 35.5. The predicted molar refractivity (Wildman–Crippen MR) is 179 cm³/mol. The number of aromatic nitrogens is 1. The van der Waals surface area contributed by atoms with Crippen LogP contribution in [0, 0.1) is 6.92 Å². The second-order valence-corrected chi connectivity index (χ2v) is 12.2. The van der Waals surface area contributed by atoms with E-state index < -0.39 is 0 Å². The SMILES string of the molecule is Cc1cc(C(=O)Nc2ccc(O)c(-c3cccc(Cl)c3C(=O)N3Cc4ccccc4C[C@H]3CN(C)C)c2)cn1-c1ccccc1. The van der Waals surface area contributed by atoms with Crippen molar-refractivity contribution in [3.8, 4) is 22.6 Å². The predicted octanol–water partition coefficient (Wildman–Crippen LogP) is 7.19. The Morgan fingerprint density at radius 1 is 0.911 bits per heavy atom.